The molecule has 0 spiro atoms. The summed E-state index contributed by atoms with van der Waals surface area (Å²) < 4.78 is 5.83. The van der Waals surface area contributed by atoms with Crippen LogP contribution in [-0.2, 0) is 0 Å². The van der Waals surface area contributed by atoms with Crippen LogP contribution in [0.2, 0.25) is 0 Å². The van der Waals surface area contributed by atoms with Gasteiger partial charge in [0.25, 0.3) is 0 Å². The first-order valence-corrected chi connectivity index (χ1v) is 16.9. The largest absolute Gasteiger partial charge is 0.404 e. The molecular formula is C21H6Br9N3O6. The topological polar surface area (TPSA) is 93.7 Å². The van der Waals surface area contributed by atoms with Crippen molar-refractivity contribution < 1.29 is 14.5 Å². The van der Waals surface area contributed by atoms with Gasteiger partial charge in [-0.2, -0.15) is 0 Å². The van der Waals surface area contributed by atoms with E-state index in [1.807, 2.05) is 0 Å². The van der Waals surface area contributed by atoms with E-state index in [1.54, 1.807) is 18.2 Å². The highest BCUT2D eigenvalue weighted by Gasteiger charge is 2.24. The molecule has 0 aliphatic heterocycles. The maximum Gasteiger partial charge on any atom is 0.404 e. The summed E-state index contributed by atoms with van der Waals surface area (Å²) in [6.07, 6.45) is 0. The maximum atomic E-state index is 13.4. The van der Waals surface area contributed by atoms with E-state index in [-0.39, 0.29) is 17.2 Å². The minimum absolute atomic E-state index is 0.0705. The van der Waals surface area contributed by atoms with Gasteiger partial charge in [0.1, 0.15) is 0 Å². The average Bonchev–Trinajstić information content (AvgIpc) is 2.91. The van der Waals surface area contributed by atoms with Gasteiger partial charge in [0.15, 0.2) is 17.2 Å². The van der Waals surface area contributed by atoms with Gasteiger partial charge >= 0.3 is 17.1 Å². The van der Waals surface area contributed by atoms with Crippen LogP contribution >= 0.6 is 143 Å². The van der Waals surface area contributed by atoms with Gasteiger partial charge in [0, 0.05) is 26.8 Å². The number of hydrogen-bond donors (Lipinski definition) is 0. The molecule has 39 heavy (non-hydrogen) atoms. The Kier molecular flexibility index (Phi) is 10.6. The predicted molar refractivity (Wildman–Crippen MR) is 176 cm³/mol. The van der Waals surface area contributed by atoms with Crippen LogP contribution < -0.4 is 31.6 Å². The van der Waals surface area contributed by atoms with Gasteiger partial charge in [0.05, 0.1) is 13.4 Å². The van der Waals surface area contributed by atoms with Gasteiger partial charge in [-0.15, -0.1) is 0 Å². The van der Waals surface area contributed by atoms with Crippen molar-refractivity contribution >= 4 is 143 Å². The van der Waals surface area contributed by atoms with Gasteiger partial charge in [0.2, 0.25) is 0 Å². The molecule has 0 bridgehead atoms. The predicted octanol–water partition coefficient (Wildman–Crippen LogP) is 8.56. The summed E-state index contributed by atoms with van der Waals surface area (Å²) in [6, 6.07) is 9.38. The van der Waals surface area contributed by atoms with Gasteiger partial charge in [-0.25, -0.2) is 14.4 Å². The maximum absolute atomic E-state index is 13.4. The summed E-state index contributed by atoms with van der Waals surface area (Å²) in [5, 5.41) is 0. The molecule has 0 unspecified atom stereocenters. The van der Waals surface area contributed by atoms with Crippen molar-refractivity contribution in [1.82, 2.24) is 14.2 Å². The minimum atomic E-state index is -1.24. The first-order valence-electron chi connectivity index (χ1n) is 9.80. The van der Waals surface area contributed by atoms with Crippen molar-refractivity contribution in [1.29, 1.82) is 0 Å². The van der Waals surface area contributed by atoms with Crippen LogP contribution in [0.15, 0.2) is 91.0 Å². The highest BCUT2D eigenvalue weighted by Crippen LogP contribution is 2.39. The van der Waals surface area contributed by atoms with Crippen LogP contribution in [0.4, 0.5) is 0 Å². The second kappa shape index (κ2) is 13.0. The highest BCUT2D eigenvalue weighted by atomic mass is 79.9. The number of aromatic nitrogens is 3. The third-order valence-corrected chi connectivity index (χ3v) is 14.6. The molecule has 18 heteroatoms. The minimum Gasteiger partial charge on any atom is -0.365 e. The van der Waals surface area contributed by atoms with E-state index in [4.69, 9.17) is 14.5 Å². The van der Waals surface area contributed by atoms with Crippen LogP contribution in [0.5, 0.6) is 17.2 Å². The molecule has 3 aromatic carbocycles. The number of rotatable bonds is 6. The van der Waals surface area contributed by atoms with E-state index in [0.29, 0.717) is 54.4 Å². The van der Waals surface area contributed by atoms with Gasteiger partial charge in [-0.1, -0.05) is 14.2 Å². The van der Waals surface area contributed by atoms with Crippen LogP contribution in [0, 0.1) is 0 Å². The summed E-state index contributed by atoms with van der Waals surface area (Å²) in [4.78, 5) is 57.3. The number of benzene rings is 3. The average molecular weight is 1120 g/mol. The van der Waals surface area contributed by atoms with E-state index in [2.05, 4.69) is 143 Å². The number of halogens is 9. The summed E-state index contributed by atoms with van der Waals surface area (Å²) in [5.41, 5.74) is -3.71. The molecule has 0 atom stereocenters. The molecule has 1 aromatic heterocycles. The molecule has 1 heterocycles. The molecule has 4 aromatic rings. The SMILES string of the molecule is O=c1n(Oc2ccc(Br)c(Br)c2Br)c(=O)n(Oc2ccc(Br)c(Br)c2Br)c(=O)n1Oc1ccc(Br)c(Br)c1Br. The van der Waals surface area contributed by atoms with Crippen LogP contribution in [-0.4, -0.2) is 14.2 Å². The Labute approximate surface area is 293 Å². The molecule has 0 fully saturated rings. The quantitative estimate of drug-likeness (QED) is 0.180. The fourth-order valence-electron chi connectivity index (χ4n) is 2.76. The Balaban J connectivity index is 1.95. The molecule has 0 saturated carbocycles. The number of nitrogens with zero attached hydrogens (tertiary/aromatic N) is 3. The highest BCUT2D eigenvalue weighted by molar-refractivity contribution is 9.15. The number of hydrogen-bond acceptors (Lipinski definition) is 6. The molecule has 204 valence electrons. The molecule has 0 aliphatic rings. The lowest BCUT2D eigenvalue weighted by Crippen LogP contribution is -2.58. The van der Waals surface area contributed by atoms with Crippen molar-refractivity contribution in [2.24, 2.45) is 0 Å². The Morgan fingerprint density at radius 1 is 0.385 bits per heavy atom. The van der Waals surface area contributed by atoms with Crippen molar-refractivity contribution in [2.75, 3.05) is 0 Å². The summed E-state index contributed by atoms with van der Waals surface area (Å²) in [7, 11) is 0. The zero-order valence-electron chi connectivity index (χ0n) is 18.2. The van der Waals surface area contributed by atoms with Crippen LogP contribution in [0.25, 0.3) is 0 Å². The molecular weight excluding hydrogens is 1110 g/mol. The Hall–Kier alpha value is -0.210. The standard InChI is InChI=1S/C21H6Br9N3O6/c22-7-1-4-10(16(28)13(7)25)37-31-19(34)32(38-11-5-2-8(23)14(26)17(11)29)21(36)33(20(31)35)39-12-6-3-9(24)15(27)18(12)30/h1-6H. The summed E-state index contributed by atoms with van der Waals surface area (Å²) in [5.74, 6) is 0.212. The normalized spacial score (nSPS) is 11.0. The van der Waals surface area contributed by atoms with Crippen LogP contribution in [0.1, 0.15) is 0 Å². The lowest BCUT2D eigenvalue weighted by molar-refractivity contribution is 0.0644. The Morgan fingerprint density at radius 2 is 0.615 bits per heavy atom. The van der Waals surface area contributed by atoms with E-state index in [9.17, 15) is 14.4 Å². The van der Waals surface area contributed by atoms with Crippen molar-refractivity contribution in [3.8, 4) is 17.2 Å². The van der Waals surface area contributed by atoms with Gasteiger partial charge in [-0.05, 0) is 180 Å². The molecule has 0 N–H and O–H groups in total. The first-order chi connectivity index (χ1) is 18.3. The first kappa shape index (κ1) is 31.7. The van der Waals surface area contributed by atoms with Crippen molar-refractivity contribution in [3.63, 3.8) is 0 Å². The smallest absolute Gasteiger partial charge is 0.365 e. The molecule has 0 aliphatic carbocycles. The zero-order chi connectivity index (χ0) is 28.8. The van der Waals surface area contributed by atoms with Crippen molar-refractivity contribution in [3.05, 3.63) is 108 Å². The van der Waals surface area contributed by atoms with E-state index >= 15 is 0 Å². The Morgan fingerprint density at radius 3 is 0.846 bits per heavy atom. The van der Waals surface area contributed by atoms with E-state index in [0.717, 1.165) is 0 Å². The second-order valence-corrected chi connectivity index (χ2v) is 14.3. The lowest BCUT2D eigenvalue weighted by Gasteiger charge is -2.16. The molecule has 0 radical (unpaired) electrons. The zero-order valence-corrected chi connectivity index (χ0v) is 32.4. The van der Waals surface area contributed by atoms with Crippen molar-refractivity contribution in [2.45, 2.75) is 0 Å². The molecule has 4 rings (SSSR count). The third kappa shape index (κ3) is 6.43. The fraction of sp³-hybridized carbons (Fsp3) is 0. The molecule has 0 amide bonds. The van der Waals surface area contributed by atoms with E-state index < -0.39 is 17.1 Å². The van der Waals surface area contributed by atoms with Gasteiger partial charge < -0.3 is 14.5 Å². The van der Waals surface area contributed by atoms with E-state index in [1.165, 1.54) is 18.2 Å². The monoisotopic (exact) mass is 1110 g/mol. The molecule has 0 saturated heterocycles. The van der Waals surface area contributed by atoms with Gasteiger partial charge in [-0.3, -0.25) is 0 Å². The molecule has 9 nitrogen and oxygen atoms in total. The lowest BCUT2D eigenvalue weighted by atomic mass is 10.3. The summed E-state index contributed by atoms with van der Waals surface area (Å²) >= 11 is 30.3. The summed E-state index contributed by atoms with van der Waals surface area (Å²) in [6.45, 7) is 0. The Bertz CT molecular complexity index is 1580. The third-order valence-electron chi connectivity index (χ3n) is 4.61. The fourth-order valence-corrected chi connectivity index (χ4v) is 6.78. The second-order valence-electron chi connectivity index (χ2n) is 7.03. The van der Waals surface area contributed by atoms with Crippen LogP contribution in [0.3, 0.4) is 0 Å².